The Kier molecular flexibility index (Phi) is 41.7. The van der Waals surface area contributed by atoms with Crippen LogP contribution < -0.4 is 0 Å². The van der Waals surface area contributed by atoms with Crippen LogP contribution in [0.5, 0.6) is 0 Å². The van der Waals surface area contributed by atoms with E-state index in [1.807, 2.05) is 40.7 Å². The van der Waals surface area contributed by atoms with Gasteiger partial charge in [-0.1, -0.05) is 144 Å². The molecule has 172 valence electrons. The summed E-state index contributed by atoms with van der Waals surface area (Å²) >= 11 is 0. The summed E-state index contributed by atoms with van der Waals surface area (Å²) < 4.78 is 0. The highest BCUT2D eigenvalue weighted by molar-refractivity contribution is 5.24. The van der Waals surface area contributed by atoms with Gasteiger partial charge in [-0.3, -0.25) is 4.70 Å². The van der Waals surface area contributed by atoms with Gasteiger partial charge in [0.15, 0.2) is 0 Å². The Morgan fingerprint density at radius 3 is 1.54 bits per heavy atom. The number of hydrogen-bond donors (Lipinski definition) is 0. The number of unbranched alkanes of at least 4 members (excludes halogenated alkanes) is 1. The van der Waals surface area contributed by atoms with Gasteiger partial charge in [0.1, 0.15) is 0 Å². The van der Waals surface area contributed by atoms with E-state index in [2.05, 4.69) is 60.8 Å². The van der Waals surface area contributed by atoms with Crippen LogP contribution in [0.15, 0.2) is 36.5 Å². The Balaban J connectivity index is -0.000000115. The van der Waals surface area contributed by atoms with E-state index >= 15 is 0 Å². The quantitative estimate of drug-likeness (QED) is 0.302. The summed E-state index contributed by atoms with van der Waals surface area (Å²) in [6.07, 6.45) is 13.5. The van der Waals surface area contributed by atoms with Crippen molar-refractivity contribution in [2.24, 2.45) is 17.8 Å². The SMILES string of the molecule is C=C(C)/C=C\C(=C)C(C)CCC(C)CC.CC.CC.CCCCC(C)CC.F. The summed E-state index contributed by atoms with van der Waals surface area (Å²) in [5.41, 5.74) is 2.31. The number of rotatable bonds is 11. The van der Waals surface area contributed by atoms with Crippen LogP contribution in [0.1, 0.15) is 121 Å². The molecular formula is C27H57F. The van der Waals surface area contributed by atoms with Gasteiger partial charge in [0.2, 0.25) is 0 Å². The van der Waals surface area contributed by atoms with Crippen LogP contribution >= 0.6 is 0 Å². The first-order valence-corrected chi connectivity index (χ1v) is 11.8. The minimum absolute atomic E-state index is 0. The van der Waals surface area contributed by atoms with Crippen molar-refractivity contribution in [3.63, 3.8) is 0 Å². The lowest BCUT2D eigenvalue weighted by molar-refractivity contribution is 0.454. The predicted molar refractivity (Wildman–Crippen MR) is 135 cm³/mol. The van der Waals surface area contributed by atoms with Crippen molar-refractivity contribution >= 4 is 0 Å². The summed E-state index contributed by atoms with van der Waals surface area (Å²) in [5, 5.41) is 0. The zero-order valence-electron chi connectivity index (χ0n) is 21.7. The maximum Gasteiger partial charge on any atom is -0.0196 e. The van der Waals surface area contributed by atoms with Crippen molar-refractivity contribution in [1.29, 1.82) is 0 Å². The van der Waals surface area contributed by atoms with Gasteiger partial charge < -0.3 is 0 Å². The van der Waals surface area contributed by atoms with E-state index in [0.717, 1.165) is 17.4 Å². The van der Waals surface area contributed by atoms with E-state index in [4.69, 9.17) is 0 Å². The third kappa shape index (κ3) is 32.8. The molecule has 0 rings (SSSR count). The summed E-state index contributed by atoms with van der Waals surface area (Å²) in [7, 11) is 0. The number of hydrogen-bond acceptors (Lipinski definition) is 0. The molecule has 0 fully saturated rings. The van der Waals surface area contributed by atoms with Gasteiger partial charge in [-0.15, -0.1) is 0 Å². The molecule has 0 aliphatic heterocycles. The minimum atomic E-state index is 0. The van der Waals surface area contributed by atoms with E-state index in [0.29, 0.717) is 5.92 Å². The second-order valence-corrected chi connectivity index (χ2v) is 7.40. The zero-order chi connectivity index (χ0) is 22.3. The molecule has 0 amide bonds. The third-order valence-corrected chi connectivity index (χ3v) is 4.75. The van der Waals surface area contributed by atoms with E-state index in [-0.39, 0.29) is 4.70 Å². The topological polar surface area (TPSA) is 0 Å². The van der Waals surface area contributed by atoms with Gasteiger partial charge in [0, 0.05) is 0 Å². The fraction of sp³-hybridized carbons (Fsp3) is 0.778. The van der Waals surface area contributed by atoms with Gasteiger partial charge in [0.05, 0.1) is 0 Å². The van der Waals surface area contributed by atoms with E-state index in [9.17, 15) is 0 Å². The molecular weight excluding hydrogens is 343 g/mol. The molecule has 0 saturated carbocycles. The van der Waals surface area contributed by atoms with Gasteiger partial charge >= 0.3 is 0 Å². The zero-order valence-corrected chi connectivity index (χ0v) is 21.7. The van der Waals surface area contributed by atoms with Crippen LogP contribution in [0.3, 0.4) is 0 Å². The molecule has 0 bridgehead atoms. The predicted octanol–water partition coefficient (Wildman–Crippen LogP) is 10.6. The van der Waals surface area contributed by atoms with Gasteiger partial charge in [-0.25, -0.2) is 0 Å². The molecule has 0 radical (unpaired) electrons. The molecule has 3 unspecified atom stereocenters. The highest BCUT2D eigenvalue weighted by Crippen LogP contribution is 2.20. The summed E-state index contributed by atoms with van der Waals surface area (Å²) in [6.45, 7) is 31.6. The lowest BCUT2D eigenvalue weighted by Crippen LogP contribution is -2.00. The Labute approximate surface area is 180 Å². The van der Waals surface area contributed by atoms with Crippen molar-refractivity contribution in [3.05, 3.63) is 36.5 Å². The van der Waals surface area contributed by atoms with E-state index in [1.54, 1.807) is 0 Å². The van der Waals surface area contributed by atoms with E-state index < -0.39 is 0 Å². The lowest BCUT2D eigenvalue weighted by atomic mass is 9.91. The molecule has 0 aliphatic carbocycles. The van der Waals surface area contributed by atoms with Crippen LogP contribution in [0, 0.1) is 17.8 Å². The molecule has 0 heterocycles. The molecule has 0 aliphatic rings. The molecule has 0 spiro atoms. The highest BCUT2D eigenvalue weighted by Gasteiger charge is 2.06. The van der Waals surface area contributed by atoms with Gasteiger partial charge in [0.25, 0.3) is 0 Å². The number of allylic oxidation sites excluding steroid dienone is 4. The fourth-order valence-corrected chi connectivity index (χ4v) is 2.09. The molecule has 0 aromatic heterocycles. The van der Waals surface area contributed by atoms with Crippen LogP contribution in [-0.4, -0.2) is 0 Å². The normalized spacial score (nSPS) is 12.5. The van der Waals surface area contributed by atoms with Gasteiger partial charge in [-0.2, -0.15) is 0 Å². The van der Waals surface area contributed by atoms with Crippen LogP contribution in [0.4, 0.5) is 4.70 Å². The van der Waals surface area contributed by atoms with Crippen molar-refractivity contribution in [3.8, 4) is 0 Å². The first kappa shape index (κ1) is 37.8. The summed E-state index contributed by atoms with van der Waals surface area (Å²) in [5.74, 6) is 2.38. The first-order chi connectivity index (χ1) is 12.8. The smallest absolute Gasteiger partial charge is 0.0196 e. The maximum absolute atomic E-state index is 4.10. The third-order valence-electron chi connectivity index (χ3n) is 4.75. The van der Waals surface area contributed by atoms with Crippen molar-refractivity contribution in [2.75, 3.05) is 0 Å². The Hall–Kier alpha value is -0.850. The van der Waals surface area contributed by atoms with Crippen LogP contribution in [0.25, 0.3) is 0 Å². The summed E-state index contributed by atoms with van der Waals surface area (Å²) in [4.78, 5) is 0. The summed E-state index contributed by atoms with van der Waals surface area (Å²) in [6, 6.07) is 0. The Morgan fingerprint density at radius 2 is 1.18 bits per heavy atom. The molecule has 0 nitrogen and oxygen atoms in total. The van der Waals surface area contributed by atoms with Crippen molar-refractivity contribution in [2.45, 2.75) is 121 Å². The lowest BCUT2D eigenvalue weighted by Gasteiger charge is -2.14. The highest BCUT2D eigenvalue weighted by atomic mass is 19.0. The standard InChI is InChI=1S/C15H26.C8H18.2C2H6.FH/c1-7-13(4)9-11-15(6)14(5)10-8-12(2)3;1-4-6-7-8(3)5-2;2*1-2;/h8,10,13,15H,2,5,7,9,11H2,1,3-4,6H3;8H,4-7H2,1-3H3;2*1-2H3;1H/b10-8-;;;;. The van der Waals surface area contributed by atoms with Crippen LogP contribution in [-0.2, 0) is 0 Å². The second kappa shape index (κ2) is 30.9. The second-order valence-electron chi connectivity index (χ2n) is 7.40. The monoisotopic (exact) mass is 400 g/mol. The van der Waals surface area contributed by atoms with Gasteiger partial charge in [-0.05, 0) is 31.1 Å². The van der Waals surface area contributed by atoms with E-state index in [1.165, 1.54) is 50.5 Å². The average molecular weight is 401 g/mol. The molecule has 0 aromatic carbocycles. The molecule has 0 N–H and O–H groups in total. The van der Waals surface area contributed by atoms with Crippen LogP contribution in [0.2, 0.25) is 0 Å². The molecule has 3 atom stereocenters. The Morgan fingerprint density at radius 1 is 0.750 bits per heavy atom. The Bertz CT molecular complexity index is 327. The van der Waals surface area contributed by atoms with Crippen molar-refractivity contribution in [1.82, 2.24) is 0 Å². The maximum atomic E-state index is 4.10. The largest absolute Gasteiger partial charge is 0.269 e. The molecule has 0 saturated heterocycles. The molecule has 1 heteroatoms. The van der Waals surface area contributed by atoms with Crippen molar-refractivity contribution < 1.29 is 4.70 Å². The number of halogens is 1. The molecule has 28 heavy (non-hydrogen) atoms. The average Bonchev–Trinajstić information content (AvgIpc) is 2.71. The molecule has 0 aromatic rings. The first-order valence-electron chi connectivity index (χ1n) is 11.8. The minimum Gasteiger partial charge on any atom is -0.269 e. The fourth-order valence-electron chi connectivity index (χ4n) is 2.09.